The molecule has 1 N–H and O–H groups in total. The molecule has 0 aromatic heterocycles. The molecule has 0 saturated carbocycles. The summed E-state index contributed by atoms with van der Waals surface area (Å²) in [5, 5.41) is 2.53. The molecular formula is C73H94B2F2N2O16. The van der Waals surface area contributed by atoms with Gasteiger partial charge in [-0.2, -0.15) is 0 Å². The maximum atomic E-state index is 16.1. The smallest absolute Gasteiger partial charge is 0.345 e. The van der Waals surface area contributed by atoms with Crippen LogP contribution in [-0.2, 0) is 51.1 Å². The number of methoxy groups -OCH3 is 2. The number of anilines is 2. The van der Waals surface area contributed by atoms with Crippen LogP contribution in [0.15, 0.2) is 109 Å². The van der Waals surface area contributed by atoms with Gasteiger partial charge in [0.25, 0.3) is 0 Å². The van der Waals surface area contributed by atoms with E-state index < -0.39 is 95.0 Å². The van der Waals surface area contributed by atoms with Crippen molar-refractivity contribution < 1.29 is 84.8 Å². The van der Waals surface area contributed by atoms with E-state index in [0.29, 0.717) is 40.5 Å². The van der Waals surface area contributed by atoms with Gasteiger partial charge in [0.15, 0.2) is 23.2 Å². The van der Waals surface area contributed by atoms with Crippen molar-refractivity contribution in [2.45, 2.75) is 197 Å². The second-order valence-electron chi connectivity index (χ2n) is 26.2. The van der Waals surface area contributed by atoms with Crippen molar-refractivity contribution in [2.24, 2.45) is 23.7 Å². The molecule has 0 unspecified atom stereocenters. The maximum Gasteiger partial charge on any atom is 0.345 e. The third-order valence-electron chi connectivity index (χ3n) is 16.2. The summed E-state index contributed by atoms with van der Waals surface area (Å²) >= 11 is 0. The summed E-state index contributed by atoms with van der Waals surface area (Å²) in [5.41, 5.74) is 3.80. The summed E-state index contributed by atoms with van der Waals surface area (Å²) in [7, 11) is 14.2. The van der Waals surface area contributed by atoms with E-state index in [-0.39, 0.29) is 79.8 Å². The number of halogens is 2. The lowest BCUT2D eigenvalue weighted by atomic mass is 9.95. The summed E-state index contributed by atoms with van der Waals surface area (Å²) in [6, 6.07) is 21.1. The number of benzene rings is 4. The van der Waals surface area contributed by atoms with Crippen molar-refractivity contribution in [1.82, 2.24) is 0 Å². The molecule has 0 aliphatic carbocycles. The molecule has 4 aromatic carbocycles. The van der Waals surface area contributed by atoms with Crippen LogP contribution < -0.4 is 29.2 Å². The van der Waals surface area contributed by atoms with Crippen LogP contribution in [0.2, 0.25) is 0 Å². The SMILES string of the molecule is C.[B]C(=O)N(CC)c1cc(/C=C/C[C@@H]2OC(C)(C)O[C@@H]2[C@H](OCc2ccc(OC)cc2)/C(F)=C\[C@@H](C)C(C)C)c2c(c1)OC(C)(C)OC2=O.[B]C(=O)Nc1cc(/C=C/C[C@@H]2OC(C)(C)O[C@@H]2[C@H](OCc2ccc(OC)cc2)/C(F)=C\[C@@H](C)C(C)C)c2c(c1)OC(C)(C)OC2=O. The monoisotopic (exact) mass is 1310 g/mol. The molecule has 8 rings (SSSR count). The van der Waals surface area contributed by atoms with Gasteiger partial charge in [-0.1, -0.05) is 97.5 Å². The quantitative estimate of drug-likeness (QED) is 0.0486. The lowest BCUT2D eigenvalue weighted by molar-refractivity contribution is -0.158. The summed E-state index contributed by atoms with van der Waals surface area (Å²) in [5.74, 6) is -5.56. The Morgan fingerprint density at radius 2 is 0.989 bits per heavy atom. The topological polar surface area (TPSA) is 194 Å². The van der Waals surface area contributed by atoms with Crippen molar-refractivity contribution in [1.29, 1.82) is 0 Å². The van der Waals surface area contributed by atoms with Crippen LogP contribution in [0.25, 0.3) is 12.2 Å². The van der Waals surface area contributed by atoms with E-state index >= 15 is 8.78 Å². The highest BCUT2D eigenvalue weighted by Gasteiger charge is 2.49. The first-order valence-electron chi connectivity index (χ1n) is 31.7. The van der Waals surface area contributed by atoms with Crippen LogP contribution in [0.4, 0.5) is 29.7 Å². The molecule has 512 valence electrons. The lowest BCUT2D eigenvalue weighted by Gasteiger charge is -2.33. The first-order valence-corrected chi connectivity index (χ1v) is 31.7. The molecule has 4 aliphatic heterocycles. The Morgan fingerprint density at radius 3 is 1.36 bits per heavy atom. The molecule has 22 heteroatoms. The number of nitrogens with one attached hydrogen (secondary N) is 1. The van der Waals surface area contributed by atoms with E-state index in [1.54, 1.807) is 125 Å². The highest BCUT2D eigenvalue weighted by Crippen LogP contribution is 2.42. The molecule has 18 nitrogen and oxygen atoms in total. The number of nitrogens with zero attached hydrogens (tertiary/aromatic N) is 1. The first kappa shape index (κ1) is 76.7. The highest BCUT2D eigenvalue weighted by atomic mass is 19.1. The molecule has 4 aromatic rings. The van der Waals surface area contributed by atoms with Crippen molar-refractivity contribution in [2.75, 3.05) is 31.0 Å². The number of ether oxygens (including phenoxy) is 12. The van der Waals surface area contributed by atoms with Gasteiger partial charge in [0.2, 0.25) is 27.3 Å². The maximum absolute atomic E-state index is 16.1. The molecule has 4 aliphatic rings. The third-order valence-corrected chi connectivity index (χ3v) is 16.2. The van der Waals surface area contributed by atoms with Gasteiger partial charge in [-0.25, -0.2) is 18.4 Å². The molecule has 8 atom stereocenters. The van der Waals surface area contributed by atoms with Crippen molar-refractivity contribution >= 4 is 62.8 Å². The summed E-state index contributed by atoms with van der Waals surface area (Å²) in [4.78, 5) is 51.3. The number of hydrogen-bond acceptors (Lipinski definition) is 16. The van der Waals surface area contributed by atoms with E-state index in [9.17, 15) is 19.2 Å². The molecule has 4 heterocycles. The zero-order valence-electron chi connectivity index (χ0n) is 57.1. The van der Waals surface area contributed by atoms with Crippen LogP contribution in [-0.4, -0.2) is 120 Å². The molecule has 0 spiro atoms. The van der Waals surface area contributed by atoms with E-state index in [1.807, 2.05) is 96.1 Å². The molecule has 95 heavy (non-hydrogen) atoms. The zero-order chi connectivity index (χ0) is 69.2. The summed E-state index contributed by atoms with van der Waals surface area (Å²) in [6.45, 7) is 28.0. The average Bonchev–Trinajstić information content (AvgIpc) is 1.60. The van der Waals surface area contributed by atoms with Crippen molar-refractivity contribution in [3.05, 3.63) is 142 Å². The van der Waals surface area contributed by atoms with Gasteiger partial charge in [-0.05, 0) is 142 Å². The van der Waals surface area contributed by atoms with Crippen molar-refractivity contribution in [3.8, 4) is 23.0 Å². The Morgan fingerprint density at radius 1 is 0.589 bits per heavy atom. The van der Waals surface area contributed by atoms with E-state index in [4.69, 9.17) is 72.5 Å². The fourth-order valence-electron chi connectivity index (χ4n) is 10.9. The number of fused-ring (bicyclic) bond motifs is 2. The second kappa shape index (κ2) is 32.6. The molecule has 2 fully saturated rings. The Kier molecular flexibility index (Phi) is 26.3. The minimum Gasteiger partial charge on any atom is -0.497 e. The van der Waals surface area contributed by atoms with Crippen LogP contribution in [0.3, 0.4) is 0 Å². The van der Waals surface area contributed by atoms with Crippen LogP contribution in [0.1, 0.15) is 167 Å². The van der Waals surface area contributed by atoms with Gasteiger partial charge in [-0.15, -0.1) is 0 Å². The van der Waals surface area contributed by atoms with Crippen LogP contribution >= 0.6 is 0 Å². The predicted octanol–water partition coefficient (Wildman–Crippen LogP) is 15.7. The number of rotatable bonds is 25. The number of amides is 2. The van der Waals surface area contributed by atoms with Crippen molar-refractivity contribution in [3.63, 3.8) is 0 Å². The molecular weight excluding hydrogens is 1220 g/mol. The largest absolute Gasteiger partial charge is 0.497 e. The minimum atomic E-state index is -1.20. The Bertz CT molecular complexity index is 3440. The Hall–Kier alpha value is -7.33. The van der Waals surface area contributed by atoms with E-state index in [1.165, 1.54) is 11.0 Å². The number of cyclic esters (lactones) is 2. The number of esters is 2. The van der Waals surface area contributed by atoms with E-state index in [2.05, 4.69) is 5.32 Å². The molecule has 4 radical (unpaired) electrons. The third kappa shape index (κ3) is 20.8. The van der Waals surface area contributed by atoms with Gasteiger partial charge < -0.3 is 67.1 Å². The molecule has 2 amide bonds. The van der Waals surface area contributed by atoms with Gasteiger partial charge >= 0.3 is 11.9 Å². The van der Waals surface area contributed by atoms with Gasteiger partial charge in [0.05, 0.1) is 39.6 Å². The normalized spacial score (nSPS) is 21.4. The number of carbonyl (C=O) groups excluding carboxylic acids is 4. The second-order valence-corrected chi connectivity index (χ2v) is 26.2. The van der Waals surface area contributed by atoms with Crippen LogP contribution in [0, 0.1) is 23.7 Å². The fourth-order valence-corrected chi connectivity index (χ4v) is 10.9. The van der Waals surface area contributed by atoms with E-state index in [0.717, 1.165) is 11.1 Å². The van der Waals surface area contributed by atoms with Gasteiger partial charge in [-0.3, -0.25) is 9.59 Å². The average molecular weight is 1320 g/mol. The summed E-state index contributed by atoms with van der Waals surface area (Å²) < 4.78 is 103. The summed E-state index contributed by atoms with van der Waals surface area (Å²) in [6.07, 6.45) is 5.87. The first-order chi connectivity index (χ1) is 44.1. The lowest BCUT2D eigenvalue weighted by Crippen LogP contribution is -2.39. The number of carbonyl (C=O) groups is 4. The molecule has 2 saturated heterocycles. The highest BCUT2D eigenvalue weighted by molar-refractivity contribution is 6.60. The zero-order valence-corrected chi connectivity index (χ0v) is 57.1. The standard InChI is InChI=1S/C37H47BFNO8.C35H43BFNO8.CH4/c1-10-40(35(38)42)26-19-25(31-30(20-26)46-37(7,8)48-34(31)41)12-11-13-29-33(47-36(5,6)45-29)32(28(39)18-23(4)22(2)3)44-21-24-14-16-27(43-9)17-15-24;1-20(2)21(3)16-26(37)30(42-19-22-12-14-25(41-8)15-13-22)31-27(43-34(4,5)45-31)11-9-10-23-17-24(38-33(36)40)18-28-29(23)32(39)46-35(6,7)44-28;/h11-12,14-20,22-23,29,32-33H,10,13,21H2,1-9H3;9-10,12-18,20-21,27,30-31H,11,19H2,1-8H3,(H,38,40);1H4/b12-11+,28-18+;10-9+,26-16+;/t23-,29+,32-,33+;21-,27+,30-,31+;/m11./s1. The number of hydrogen-bond donors (Lipinski definition) is 1. The Labute approximate surface area is 562 Å². The fraction of sp³-hybridized carbons (Fsp3) is 0.507. The number of allylic oxidation sites excluding steroid dienone is 2. The van der Waals surface area contributed by atoms with Gasteiger partial charge in [0, 0.05) is 57.7 Å². The molecule has 0 bridgehead atoms. The minimum absolute atomic E-state index is 0. The predicted molar refractivity (Wildman–Crippen MR) is 363 cm³/mol. The van der Waals surface area contributed by atoms with Crippen LogP contribution in [0.5, 0.6) is 23.0 Å². The van der Waals surface area contributed by atoms with Gasteiger partial charge in [0.1, 0.15) is 70.2 Å². The Balaban J connectivity index is 0.000000298.